The van der Waals surface area contributed by atoms with Gasteiger partial charge in [-0.1, -0.05) is 30.9 Å². The second-order valence-corrected chi connectivity index (χ2v) is 7.72. The summed E-state index contributed by atoms with van der Waals surface area (Å²) in [6.45, 7) is 1.40. The van der Waals surface area contributed by atoms with Crippen LogP contribution < -0.4 is 10.2 Å². The van der Waals surface area contributed by atoms with Gasteiger partial charge in [0, 0.05) is 29.7 Å². The normalized spacial score (nSPS) is 17.8. The summed E-state index contributed by atoms with van der Waals surface area (Å²) in [6, 6.07) is 10.6. The van der Waals surface area contributed by atoms with Gasteiger partial charge in [-0.2, -0.15) is 0 Å². The van der Waals surface area contributed by atoms with E-state index in [4.69, 9.17) is 11.6 Å². The van der Waals surface area contributed by atoms with E-state index in [2.05, 4.69) is 10.3 Å². The van der Waals surface area contributed by atoms with Gasteiger partial charge in [0.2, 0.25) is 0 Å². The van der Waals surface area contributed by atoms with E-state index in [0.29, 0.717) is 34.7 Å². The van der Waals surface area contributed by atoms with Gasteiger partial charge in [-0.15, -0.1) is 0 Å². The van der Waals surface area contributed by atoms with Gasteiger partial charge >= 0.3 is 6.03 Å². The zero-order valence-electron chi connectivity index (χ0n) is 15.6. The topological polar surface area (TPSA) is 65.5 Å². The molecule has 1 aliphatic carbocycles. The molecule has 4 rings (SSSR count). The van der Waals surface area contributed by atoms with Crippen LogP contribution in [0.2, 0.25) is 5.02 Å². The summed E-state index contributed by atoms with van der Waals surface area (Å²) >= 11 is 5.85. The van der Waals surface area contributed by atoms with Gasteiger partial charge in [-0.3, -0.25) is 9.69 Å². The Balaban J connectivity index is 1.40. The van der Waals surface area contributed by atoms with E-state index in [0.717, 1.165) is 19.4 Å². The summed E-state index contributed by atoms with van der Waals surface area (Å²) in [5.74, 6) is 0.389. The number of nitrogens with zero attached hydrogens (tertiary/aromatic N) is 3. The van der Waals surface area contributed by atoms with Crippen LogP contribution in [0.4, 0.5) is 16.3 Å². The first kappa shape index (κ1) is 18.7. The molecule has 0 spiro atoms. The van der Waals surface area contributed by atoms with Gasteiger partial charge in [-0.25, -0.2) is 9.78 Å². The minimum absolute atomic E-state index is 0.0392. The van der Waals surface area contributed by atoms with Crippen molar-refractivity contribution in [2.24, 2.45) is 0 Å². The highest BCUT2D eigenvalue weighted by Crippen LogP contribution is 2.28. The number of hydrogen-bond acceptors (Lipinski definition) is 3. The number of urea groups is 1. The number of amides is 3. The average Bonchev–Trinajstić information content (AvgIpc) is 3.11. The molecule has 2 aromatic rings. The largest absolute Gasteiger partial charge is 0.326 e. The highest BCUT2D eigenvalue weighted by atomic mass is 35.5. The number of aromatic nitrogens is 1. The predicted octanol–water partition coefficient (Wildman–Crippen LogP) is 4.56. The molecule has 1 saturated heterocycles. The number of pyridine rings is 1. The molecule has 1 aromatic heterocycles. The molecule has 7 heteroatoms. The third kappa shape index (κ3) is 3.97. The van der Waals surface area contributed by atoms with Crippen LogP contribution in [0, 0.1) is 0 Å². The predicted molar refractivity (Wildman–Crippen MR) is 110 cm³/mol. The van der Waals surface area contributed by atoms with E-state index in [9.17, 15) is 9.59 Å². The van der Waals surface area contributed by atoms with Crippen molar-refractivity contribution in [3.05, 3.63) is 53.2 Å². The fraction of sp³-hybridized carbons (Fsp3) is 0.381. The lowest BCUT2D eigenvalue weighted by Gasteiger charge is -2.30. The molecule has 1 N–H and O–H groups in total. The molecule has 0 bridgehead atoms. The maximum absolute atomic E-state index is 12.8. The van der Waals surface area contributed by atoms with Crippen LogP contribution in [0.25, 0.3) is 0 Å². The van der Waals surface area contributed by atoms with E-state index in [1.807, 2.05) is 4.90 Å². The second kappa shape index (κ2) is 8.19. The van der Waals surface area contributed by atoms with E-state index in [1.54, 1.807) is 47.5 Å². The summed E-state index contributed by atoms with van der Waals surface area (Å²) in [7, 11) is 0. The number of halogens is 1. The van der Waals surface area contributed by atoms with Gasteiger partial charge < -0.3 is 10.2 Å². The van der Waals surface area contributed by atoms with Crippen molar-refractivity contribution in [1.82, 2.24) is 9.88 Å². The number of anilines is 2. The summed E-state index contributed by atoms with van der Waals surface area (Å²) in [6.07, 6.45) is 7.46. The van der Waals surface area contributed by atoms with Crippen molar-refractivity contribution in [2.45, 2.75) is 38.1 Å². The van der Waals surface area contributed by atoms with Crippen LogP contribution in [0.5, 0.6) is 0 Å². The summed E-state index contributed by atoms with van der Waals surface area (Å²) in [4.78, 5) is 33.2. The fourth-order valence-corrected chi connectivity index (χ4v) is 4.05. The second-order valence-electron chi connectivity index (χ2n) is 7.29. The van der Waals surface area contributed by atoms with E-state index >= 15 is 0 Å². The Morgan fingerprint density at radius 3 is 2.46 bits per heavy atom. The molecular formula is C21H23ClN4O2. The molecule has 0 radical (unpaired) electrons. The lowest BCUT2D eigenvalue weighted by molar-refractivity contribution is 0.102. The first-order valence-corrected chi connectivity index (χ1v) is 10.1. The molecule has 6 nitrogen and oxygen atoms in total. The zero-order chi connectivity index (χ0) is 19.5. The SMILES string of the molecule is O=C(Nc1ccc(N2CCN(C3CCCCC3)C2=O)nc1)c1ccc(Cl)cc1. The van der Waals surface area contributed by atoms with E-state index in [-0.39, 0.29) is 11.9 Å². The third-order valence-electron chi connectivity index (χ3n) is 5.45. The van der Waals surface area contributed by atoms with Crippen molar-refractivity contribution in [1.29, 1.82) is 0 Å². The van der Waals surface area contributed by atoms with Crippen molar-refractivity contribution in [3.8, 4) is 0 Å². The molecule has 3 amide bonds. The molecule has 146 valence electrons. The maximum atomic E-state index is 12.8. The molecule has 1 saturated carbocycles. The molecule has 1 aliphatic heterocycles. The number of nitrogens with one attached hydrogen (secondary N) is 1. The molecule has 2 fully saturated rings. The number of carbonyl (C=O) groups is 2. The van der Waals surface area contributed by atoms with Crippen molar-refractivity contribution < 1.29 is 9.59 Å². The fourth-order valence-electron chi connectivity index (χ4n) is 3.92. The molecule has 2 heterocycles. The quantitative estimate of drug-likeness (QED) is 0.820. The Kier molecular flexibility index (Phi) is 5.48. The Morgan fingerprint density at radius 2 is 1.79 bits per heavy atom. The van der Waals surface area contributed by atoms with E-state index < -0.39 is 0 Å². The molecule has 0 atom stereocenters. The van der Waals surface area contributed by atoms with Crippen LogP contribution in [0.1, 0.15) is 42.5 Å². The van der Waals surface area contributed by atoms with Gasteiger partial charge in [0.15, 0.2) is 0 Å². The van der Waals surface area contributed by atoms with Crippen molar-refractivity contribution in [3.63, 3.8) is 0 Å². The van der Waals surface area contributed by atoms with Crippen LogP contribution in [0.15, 0.2) is 42.6 Å². The minimum Gasteiger partial charge on any atom is -0.321 e. The number of hydrogen-bond donors (Lipinski definition) is 1. The number of benzene rings is 1. The summed E-state index contributed by atoms with van der Waals surface area (Å²) < 4.78 is 0. The maximum Gasteiger partial charge on any atom is 0.326 e. The van der Waals surface area contributed by atoms with Gasteiger partial charge in [0.05, 0.1) is 11.9 Å². The lowest BCUT2D eigenvalue weighted by Crippen LogP contribution is -2.40. The molecule has 28 heavy (non-hydrogen) atoms. The van der Waals surface area contributed by atoms with E-state index in [1.165, 1.54) is 19.3 Å². The smallest absolute Gasteiger partial charge is 0.321 e. The number of rotatable bonds is 4. The molecule has 0 unspecified atom stereocenters. The summed E-state index contributed by atoms with van der Waals surface area (Å²) in [5, 5.41) is 3.39. The first-order chi connectivity index (χ1) is 13.6. The third-order valence-corrected chi connectivity index (χ3v) is 5.70. The summed E-state index contributed by atoms with van der Waals surface area (Å²) in [5.41, 5.74) is 1.10. The zero-order valence-corrected chi connectivity index (χ0v) is 16.4. The Morgan fingerprint density at radius 1 is 1.04 bits per heavy atom. The van der Waals surface area contributed by atoms with Crippen molar-refractivity contribution in [2.75, 3.05) is 23.3 Å². The standard InChI is InChI=1S/C21H23ClN4O2/c22-16-8-6-15(7-9-16)20(27)24-17-10-11-19(23-14-17)26-13-12-25(21(26)28)18-4-2-1-3-5-18/h6-11,14,18H,1-5,12-13H2,(H,24,27). The van der Waals surface area contributed by atoms with Crippen molar-refractivity contribution >= 4 is 35.0 Å². The Labute approximate surface area is 169 Å². The Bertz CT molecular complexity index is 848. The Hall–Kier alpha value is -2.60. The highest BCUT2D eigenvalue weighted by Gasteiger charge is 2.35. The van der Waals surface area contributed by atoms with Gasteiger partial charge in [0.1, 0.15) is 5.82 Å². The first-order valence-electron chi connectivity index (χ1n) is 9.73. The van der Waals surface area contributed by atoms with Crippen LogP contribution in [-0.4, -0.2) is 41.0 Å². The molecule has 2 aliphatic rings. The highest BCUT2D eigenvalue weighted by molar-refractivity contribution is 6.30. The number of carbonyl (C=O) groups excluding carboxylic acids is 2. The molecule has 1 aromatic carbocycles. The monoisotopic (exact) mass is 398 g/mol. The molecular weight excluding hydrogens is 376 g/mol. The lowest BCUT2D eigenvalue weighted by atomic mass is 9.94. The minimum atomic E-state index is -0.230. The average molecular weight is 399 g/mol. The van der Waals surface area contributed by atoms with Crippen LogP contribution in [0.3, 0.4) is 0 Å². The van der Waals surface area contributed by atoms with Gasteiger partial charge in [0.25, 0.3) is 5.91 Å². The van der Waals surface area contributed by atoms with Gasteiger partial charge in [-0.05, 0) is 49.2 Å². The van der Waals surface area contributed by atoms with Crippen LogP contribution in [-0.2, 0) is 0 Å². The van der Waals surface area contributed by atoms with Crippen LogP contribution >= 0.6 is 11.6 Å².